The Balaban J connectivity index is 2.22. The topological polar surface area (TPSA) is 54.7 Å². The fourth-order valence-electron chi connectivity index (χ4n) is 1.75. The molecule has 92 valence electrons. The zero-order valence-corrected chi connectivity index (χ0v) is 11.7. The third kappa shape index (κ3) is 1.77. The minimum absolute atomic E-state index is 0.498. The van der Waals surface area contributed by atoms with Crippen molar-refractivity contribution in [3.05, 3.63) is 33.1 Å². The van der Waals surface area contributed by atoms with Crippen LogP contribution in [-0.2, 0) is 0 Å². The number of hydrogen-bond donors (Lipinski definition) is 2. The molecule has 0 amide bonds. The van der Waals surface area contributed by atoms with Crippen LogP contribution in [0.2, 0.25) is 10.0 Å². The van der Waals surface area contributed by atoms with Crippen molar-refractivity contribution in [1.82, 2.24) is 9.97 Å². The molecular weight excluding hydrogens is 289 g/mol. The first-order valence-electron chi connectivity index (χ1n) is 5.25. The van der Waals surface area contributed by atoms with Gasteiger partial charge in [0.2, 0.25) is 0 Å². The van der Waals surface area contributed by atoms with Gasteiger partial charge in [-0.2, -0.15) is 0 Å². The summed E-state index contributed by atoms with van der Waals surface area (Å²) in [7, 11) is 0. The van der Waals surface area contributed by atoms with Gasteiger partial charge in [-0.1, -0.05) is 23.2 Å². The minimum atomic E-state index is 0.498. The summed E-state index contributed by atoms with van der Waals surface area (Å²) >= 11 is 13.5. The molecule has 0 atom stereocenters. The van der Waals surface area contributed by atoms with Crippen LogP contribution < -0.4 is 5.73 Å². The van der Waals surface area contributed by atoms with Crippen LogP contribution in [0.1, 0.15) is 5.56 Å². The summed E-state index contributed by atoms with van der Waals surface area (Å²) in [5.74, 6) is 0.749. The number of nitrogens with zero attached hydrogens (tertiary/aromatic N) is 1. The number of hydrogen-bond acceptors (Lipinski definition) is 3. The summed E-state index contributed by atoms with van der Waals surface area (Å²) in [6.07, 6.45) is 0. The number of aromatic amines is 1. The molecule has 0 saturated carbocycles. The maximum Gasteiger partial charge on any atom is 0.150 e. The van der Waals surface area contributed by atoms with Crippen LogP contribution in [-0.4, -0.2) is 9.97 Å². The van der Waals surface area contributed by atoms with E-state index in [0.29, 0.717) is 10.0 Å². The third-order valence-corrected chi connectivity index (χ3v) is 4.60. The van der Waals surface area contributed by atoms with Gasteiger partial charge in [0.1, 0.15) is 0 Å². The van der Waals surface area contributed by atoms with E-state index in [2.05, 4.69) is 9.97 Å². The van der Waals surface area contributed by atoms with Crippen molar-refractivity contribution in [2.75, 3.05) is 5.73 Å². The number of nitrogens with one attached hydrogen (secondary N) is 1. The van der Waals surface area contributed by atoms with E-state index < -0.39 is 0 Å². The predicted molar refractivity (Wildman–Crippen MR) is 78.6 cm³/mol. The van der Waals surface area contributed by atoms with E-state index in [4.69, 9.17) is 28.9 Å². The van der Waals surface area contributed by atoms with E-state index in [-0.39, 0.29) is 0 Å². The van der Waals surface area contributed by atoms with E-state index >= 15 is 0 Å². The highest BCUT2D eigenvalue weighted by Crippen LogP contribution is 2.35. The van der Waals surface area contributed by atoms with Crippen molar-refractivity contribution in [3.63, 3.8) is 0 Å². The minimum Gasteiger partial charge on any atom is -0.397 e. The maximum atomic E-state index is 6.01. The lowest BCUT2D eigenvalue weighted by atomic mass is 10.3. The van der Waals surface area contributed by atoms with Crippen molar-refractivity contribution >= 4 is 51.3 Å². The number of imidazole rings is 1. The Morgan fingerprint density at radius 2 is 2.00 bits per heavy atom. The molecule has 3 N–H and O–H groups in total. The average Bonchev–Trinajstić information content (AvgIpc) is 2.85. The molecule has 2 aromatic heterocycles. The van der Waals surface area contributed by atoms with E-state index in [0.717, 1.165) is 33.0 Å². The lowest BCUT2D eigenvalue weighted by Gasteiger charge is -1.94. The van der Waals surface area contributed by atoms with E-state index in [1.165, 1.54) is 0 Å². The number of halogens is 2. The number of nitrogens with two attached hydrogens (primary N) is 1. The van der Waals surface area contributed by atoms with E-state index in [9.17, 15) is 0 Å². The van der Waals surface area contributed by atoms with Gasteiger partial charge in [-0.3, -0.25) is 0 Å². The van der Waals surface area contributed by atoms with E-state index in [1.54, 1.807) is 23.5 Å². The number of H-pyrrole nitrogens is 1. The molecule has 0 saturated heterocycles. The summed E-state index contributed by atoms with van der Waals surface area (Å²) < 4.78 is 0. The molecule has 0 radical (unpaired) electrons. The Kier molecular flexibility index (Phi) is 2.73. The number of rotatable bonds is 1. The molecule has 2 heterocycles. The zero-order valence-electron chi connectivity index (χ0n) is 9.42. The number of benzene rings is 1. The van der Waals surface area contributed by atoms with Crippen molar-refractivity contribution < 1.29 is 0 Å². The van der Waals surface area contributed by atoms with Gasteiger partial charge >= 0.3 is 0 Å². The Hall–Kier alpha value is -1.23. The Morgan fingerprint density at radius 1 is 1.28 bits per heavy atom. The summed E-state index contributed by atoms with van der Waals surface area (Å²) in [6, 6.07) is 3.52. The van der Waals surface area contributed by atoms with Crippen LogP contribution in [0.3, 0.4) is 0 Å². The summed E-state index contributed by atoms with van der Waals surface area (Å²) in [4.78, 5) is 8.64. The molecule has 0 aliphatic carbocycles. The molecule has 0 aliphatic rings. The van der Waals surface area contributed by atoms with Crippen LogP contribution in [0, 0.1) is 6.92 Å². The van der Waals surface area contributed by atoms with Gasteiger partial charge in [0, 0.05) is 0 Å². The van der Waals surface area contributed by atoms with Crippen molar-refractivity contribution in [3.8, 4) is 10.7 Å². The van der Waals surface area contributed by atoms with Crippen LogP contribution in [0.5, 0.6) is 0 Å². The number of aromatic nitrogens is 2. The largest absolute Gasteiger partial charge is 0.397 e. The van der Waals surface area contributed by atoms with Gasteiger partial charge in [-0.25, -0.2) is 4.98 Å². The molecule has 3 nitrogen and oxygen atoms in total. The number of nitrogen functional groups attached to an aromatic ring is 1. The normalized spacial score (nSPS) is 11.3. The Bertz CT molecular complexity index is 706. The van der Waals surface area contributed by atoms with Crippen LogP contribution in [0.15, 0.2) is 17.5 Å². The summed E-state index contributed by atoms with van der Waals surface area (Å²) in [5.41, 5.74) is 9.47. The quantitative estimate of drug-likeness (QED) is 0.695. The Morgan fingerprint density at radius 3 is 2.67 bits per heavy atom. The van der Waals surface area contributed by atoms with Gasteiger partial charge in [0.15, 0.2) is 5.82 Å². The van der Waals surface area contributed by atoms with Gasteiger partial charge in [0.25, 0.3) is 0 Å². The lowest BCUT2D eigenvalue weighted by Crippen LogP contribution is -1.87. The Labute approximate surface area is 118 Å². The lowest BCUT2D eigenvalue weighted by molar-refractivity contribution is 1.35. The molecule has 1 aromatic carbocycles. The predicted octanol–water partition coefficient (Wildman–Crippen LogP) is 4.49. The molecule has 0 aliphatic heterocycles. The summed E-state index contributed by atoms with van der Waals surface area (Å²) in [6.45, 7) is 1.98. The molecular formula is C12H9Cl2N3S. The molecule has 0 fully saturated rings. The molecule has 6 heteroatoms. The average molecular weight is 298 g/mol. The van der Waals surface area contributed by atoms with Gasteiger partial charge in [0.05, 0.1) is 31.6 Å². The van der Waals surface area contributed by atoms with Gasteiger partial charge < -0.3 is 10.7 Å². The number of fused-ring (bicyclic) bond motifs is 1. The highest BCUT2D eigenvalue weighted by atomic mass is 35.5. The monoisotopic (exact) mass is 297 g/mol. The zero-order chi connectivity index (χ0) is 12.9. The number of aryl methyl sites for hydroxylation is 1. The van der Waals surface area contributed by atoms with Gasteiger partial charge in [-0.15, -0.1) is 11.3 Å². The van der Waals surface area contributed by atoms with Crippen LogP contribution in [0.25, 0.3) is 21.7 Å². The molecule has 0 spiro atoms. The fourth-order valence-corrected chi connectivity index (χ4v) is 2.99. The highest BCUT2D eigenvalue weighted by molar-refractivity contribution is 7.14. The highest BCUT2D eigenvalue weighted by Gasteiger charge is 2.13. The SMILES string of the molecule is Cc1csc(-c2nc3cc(Cl)c(Cl)cc3[nH]2)c1N. The molecule has 0 unspecified atom stereocenters. The van der Waals surface area contributed by atoms with E-state index in [1.807, 2.05) is 12.3 Å². The third-order valence-electron chi connectivity index (χ3n) is 2.76. The number of anilines is 1. The molecule has 3 rings (SSSR count). The molecule has 3 aromatic rings. The second-order valence-electron chi connectivity index (χ2n) is 4.03. The van der Waals surface area contributed by atoms with Gasteiger partial charge in [-0.05, 0) is 30.0 Å². The number of thiophene rings is 1. The first-order chi connectivity index (χ1) is 8.56. The first kappa shape index (κ1) is 11.8. The maximum absolute atomic E-state index is 6.01. The fraction of sp³-hybridized carbons (Fsp3) is 0.0833. The van der Waals surface area contributed by atoms with Crippen molar-refractivity contribution in [2.45, 2.75) is 6.92 Å². The standard InChI is InChI=1S/C12H9Cl2N3S/c1-5-4-18-11(10(5)15)12-16-8-2-6(13)7(14)3-9(8)17-12/h2-4H,15H2,1H3,(H,16,17). The first-order valence-corrected chi connectivity index (χ1v) is 6.88. The smallest absolute Gasteiger partial charge is 0.150 e. The van der Waals surface area contributed by atoms with Crippen molar-refractivity contribution in [1.29, 1.82) is 0 Å². The van der Waals surface area contributed by atoms with Crippen molar-refractivity contribution in [2.24, 2.45) is 0 Å². The second-order valence-corrected chi connectivity index (χ2v) is 5.72. The van der Waals surface area contributed by atoms with Crippen LogP contribution >= 0.6 is 34.5 Å². The molecule has 0 bridgehead atoms. The molecule has 18 heavy (non-hydrogen) atoms. The summed E-state index contributed by atoms with van der Waals surface area (Å²) in [5, 5.41) is 3.02. The van der Waals surface area contributed by atoms with Crippen LogP contribution in [0.4, 0.5) is 5.69 Å². The second kappa shape index (κ2) is 4.16.